The van der Waals surface area contributed by atoms with Crippen molar-refractivity contribution in [2.24, 2.45) is 0 Å². The number of carbonyl (C=O) groups is 1. The minimum atomic E-state index is -0.552. The van der Waals surface area contributed by atoms with Crippen LogP contribution in [-0.4, -0.2) is 15.7 Å². The Morgan fingerprint density at radius 1 is 1.24 bits per heavy atom. The molecule has 0 aliphatic heterocycles. The highest BCUT2D eigenvalue weighted by Gasteiger charge is 2.22. The van der Waals surface area contributed by atoms with E-state index in [1.165, 1.54) is 12.1 Å². The van der Waals surface area contributed by atoms with Crippen molar-refractivity contribution in [3.05, 3.63) is 58.7 Å². The van der Waals surface area contributed by atoms with Crippen LogP contribution < -0.4 is 0 Å². The molecule has 2 atom stereocenters. The van der Waals surface area contributed by atoms with Gasteiger partial charge >= 0.3 is 0 Å². The number of hydrogen-bond donors (Lipinski definition) is 0. The zero-order valence-electron chi connectivity index (χ0n) is 12.7. The number of ketones is 1. The maximum absolute atomic E-state index is 13.4. The molecular weight excluding hydrogens is 289 g/mol. The Morgan fingerprint density at radius 2 is 1.90 bits per heavy atom. The number of rotatable bonds is 4. The molecule has 2 rings (SSSR count). The molecule has 0 spiro atoms. The summed E-state index contributed by atoms with van der Waals surface area (Å²) in [5.41, 5.74) is 3.33. The van der Waals surface area contributed by atoms with Gasteiger partial charge in [-0.25, -0.2) is 4.39 Å². The van der Waals surface area contributed by atoms with Gasteiger partial charge in [0.2, 0.25) is 0 Å². The lowest BCUT2D eigenvalue weighted by Crippen LogP contribution is -2.14. The Balaban J connectivity index is 2.47. The summed E-state index contributed by atoms with van der Waals surface area (Å²) in [4.78, 5) is 12.1. The van der Waals surface area contributed by atoms with Crippen molar-refractivity contribution in [1.82, 2.24) is 4.57 Å². The molecule has 0 radical (unpaired) electrons. The second-order valence-electron chi connectivity index (χ2n) is 5.37. The Bertz CT molecular complexity index is 675. The largest absolute Gasteiger partial charge is 0.341 e. The van der Waals surface area contributed by atoms with E-state index in [2.05, 4.69) is 0 Å². The van der Waals surface area contributed by atoms with Crippen LogP contribution in [-0.2, 0) is 0 Å². The first kappa shape index (κ1) is 15.8. The fourth-order valence-corrected chi connectivity index (χ4v) is 2.87. The van der Waals surface area contributed by atoms with Crippen LogP contribution >= 0.6 is 11.6 Å². The van der Waals surface area contributed by atoms with Crippen LogP contribution in [0.4, 0.5) is 4.39 Å². The normalized spacial score (nSPS) is 14.0. The fraction of sp³-hybridized carbons (Fsp3) is 0.353. The summed E-state index contributed by atoms with van der Waals surface area (Å²) < 4.78 is 15.4. The molecule has 112 valence electrons. The summed E-state index contributed by atoms with van der Waals surface area (Å²) in [5, 5.41) is -0.552. The van der Waals surface area contributed by atoms with Crippen LogP contribution in [0.1, 0.15) is 47.2 Å². The molecule has 0 bridgehead atoms. The highest BCUT2D eigenvalue weighted by Crippen LogP contribution is 2.27. The SMILES string of the molecule is Cc1cc(C(=O)C(C)Cl)c(C)n1C(C)c1cccc(F)c1. The number of carbonyl (C=O) groups excluding carboxylic acids is 1. The number of halogens is 2. The Labute approximate surface area is 129 Å². The second-order valence-corrected chi connectivity index (χ2v) is 6.02. The Kier molecular flexibility index (Phi) is 4.52. The fourth-order valence-electron chi connectivity index (χ4n) is 2.75. The van der Waals surface area contributed by atoms with E-state index in [9.17, 15) is 9.18 Å². The third kappa shape index (κ3) is 3.03. The lowest BCUT2D eigenvalue weighted by molar-refractivity contribution is 0.0991. The predicted molar refractivity (Wildman–Crippen MR) is 83.8 cm³/mol. The van der Waals surface area contributed by atoms with Gasteiger partial charge in [-0.1, -0.05) is 12.1 Å². The second kappa shape index (κ2) is 6.02. The Hall–Kier alpha value is -1.61. The first-order valence-corrected chi connectivity index (χ1v) is 7.38. The van der Waals surface area contributed by atoms with Crippen LogP contribution in [0.15, 0.2) is 30.3 Å². The number of nitrogens with zero attached hydrogens (tertiary/aromatic N) is 1. The van der Waals surface area contributed by atoms with E-state index in [-0.39, 0.29) is 17.6 Å². The first-order chi connectivity index (χ1) is 9.82. The molecule has 4 heteroatoms. The molecule has 1 aromatic carbocycles. The molecule has 2 aromatic rings. The van der Waals surface area contributed by atoms with Gasteiger partial charge in [0, 0.05) is 17.0 Å². The molecule has 0 aliphatic carbocycles. The third-order valence-corrected chi connectivity index (χ3v) is 4.03. The highest BCUT2D eigenvalue weighted by molar-refractivity contribution is 6.33. The van der Waals surface area contributed by atoms with Gasteiger partial charge in [-0.3, -0.25) is 4.79 Å². The first-order valence-electron chi connectivity index (χ1n) is 6.95. The lowest BCUT2D eigenvalue weighted by atomic mass is 10.1. The van der Waals surface area contributed by atoms with Crippen LogP contribution in [0.5, 0.6) is 0 Å². The third-order valence-electron chi connectivity index (χ3n) is 3.83. The highest BCUT2D eigenvalue weighted by atomic mass is 35.5. The van der Waals surface area contributed by atoms with Crippen molar-refractivity contribution >= 4 is 17.4 Å². The van der Waals surface area contributed by atoms with Crippen LogP contribution in [0.2, 0.25) is 0 Å². The van der Waals surface area contributed by atoms with E-state index < -0.39 is 5.38 Å². The maximum atomic E-state index is 13.4. The number of Topliss-reactive ketones (excluding diaryl/α,β-unsaturated/α-hetero) is 1. The minimum absolute atomic E-state index is 0.0483. The molecule has 0 saturated carbocycles. The van der Waals surface area contributed by atoms with Gasteiger partial charge in [0.05, 0.1) is 11.4 Å². The smallest absolute Gasteiger partial charge is 0.182 e. The summed E-state index contributed by atoms with van der Waals surface area (Å²) in [6.07, 6.45) is 0. The van der Waals surface area contributed by atoms with E-state index in [0.717, 1.165) is 17.0 Å². The average molecular weight is 308 g/mol. The summed E-state index contributed by atoms with van der Waals surface area (Å²) >= 11 is 5.91. The van der Waals surface area contributed by atoms with Gasteiger partial charge in [0.15, 0.2) is 5.78 Å². The van der Waals surface area contributed by atoms with Gasteiger partial charge in [-0.2, -0.15) is 0 Å². The molecule has 2 nitrogen and oxygen atoms in total. The number of alkyl halides is 1. The average Bonchev–Trinajstić information content (AvgIpc) is 2.72. The summed E-state index contributed by atoms with van der Waals surface area (Å²) in [6, 6.07) is 8.34. The van der Waals surface area contributed by atoms with Crippen molar-refractivity contribution in [3.63, 3.8) is 0 Å². The molecule has 2 unspecified atom stereocenters. The van der Waals surface area contributed by atoms with Crippen molar-refractivity contribution in [2.45, 2.75) is 39.1 Å². The Morgan fingerprint density at radius 3 is 2.48 bits per heavy atom. The van der Waals surface area contributed by atoms with Crippen molar-refractivity contribution in [3.8, 4) is 0 Å². The van der Waals surface area contributed by atoms with Gasteiger partial charge in [-0.15, -0.1) is 11.6 Å². The molecule has 21 heavy (non-hydrogen) atoms. The van der Waals surface area contributed by atoms with Gasteiger partial charge < -0.3 is 4.57 Å². The van der Waals surface area contributed by atoms with E-state index in [0.29, 0.717) is 5.56 Å². The molecule has 0 aliphatic rings. The summed E-state index contributed by atoms with van der Waals surface area (Å²) in [7, 11) is 0. The molecule has 0 amide bonds. The molecule has 0 N–H and O–H groups in total. The van der Waals surface area contributed by atoms with Crippen molar-refractivity contribution in [1.29, 1.82) is 0 Å². The van der Waals surface area contributed by atoms with E-state index >= 15 is 0 Å². The number of aryl methyl sites for hydroxylation is 1. The van der Waals surface area contributed by atoms with Gasteiger partial charge in [0.25, 0.3) is 0 Å². The summed E-state index contributed by atoms with van der Waals surface area (Å²) in [6.45, 7) is 7.51. The standard InChI is InChI=1S/C17H19ClFNO/c1-10-8-16(17(21)11(2)18)13(4)20(10)12(3)14-6-5-7-15(19)9-14/h5-9,11-12H,1-4H3. The predicted octanol–water partition coefficient (Wildman–Crippen LogP) is 4.66. The molecule has 1 aromatic heterocycles. The quantitative estimate of drug-likeness (QED) is 0.594. The lowest BCUT2D eigenvalue weighted by Gasteiger charge is -2.19. The maximum Gasteiger partial charge on any atom is 0.182 e. The van der Waals surface area contributed by atoms with Gasteiger partial charge in [0.1, 0.15) is 5.82 Å². The van der Waals surface area contributed by atoms with E-state index in [1.807, 2.05) is 37.5 Å². The zero-order chi connectivity index (χ0) is 15.7. The zero-order valence-corrected chi connectivity index (χ0v) is 13.4. The number of benzene rings is 1. The summed E-state index contributed by atoms with van der Waals surface area (Å²) in [5.74, 6) is -0.338. The number of aromatic nitrogens is 1. The van der Waals surface area contributed by atoms with Gasteiger partial charge in [-0.05, 0) is 51.5 Å². The van der Waals surface area contributed by atoms with Crippen molar-refractivity contribution < 1.29 is 9.18 Å². The van der Waals surface area contributed by atoms with E-state index in [4.69, 9.17) is 11.6 Å². The van der Waals surface area contributed by atoms with Crippen LogP contribution in [0.25, 0.3) is 0 Å². The molecule has 0 saturated heterocycles. The van der Waals surface area contributed by atoms with E-state index in [1.54, 1.807) is 13.0 Å². The molecular formula is C17H19ClFNO. The van der Waals surface area contributed by atoms with Crippen LogP contribution in [0, 0.1) is 19.7 Å². The molecule has 0 fully saturated rings. The number of hydrogen-bond acceptors (Lipinski definition) is 1. The topological polar surface area (TPSA) is 22.0 Å². The molecule has 1 heterocycles. The van der Waals surface area contributed by atoms with Crippen molar-refractivity contribution in [2.75, 3.05) is 0 Å². The monoisotopic (exact) mass is 307 g/mol. The minimum Gasteiger partial charge on any atom is -0.341 e. The van der Waals surface area contributed by atoms with Crippen LogP contribution in [0.3, 0.4) is 0 Å².